The molecular formula is C29H39NO5S. The number of phenols is 2. The molecular weight excluding hydrogens is 474 g/mol. The number of Topliss-reactive ketones (excluding diaryl/α,β-unsaturated/α-hetero) is 1. The zero-order chi connectivity index (χ0) is 26.3. The fraction of sp³-hybridized carbons (Fsp3) is 0.552. The van der Waals surface area contributed by atoms with E-state index in [2.05, 4.69) is 20.8 Å². The van der Waals surface area contributed by atoms with Gasteiger partial charge < -0.3 is 10.2 Å². The number of aromatic hydroxyl groups is 2. The summed E-state index contributed by atoms with van der Waals surface area (Å²) in [6.45, 7) is 8.43. The monoisotopic (exact) mass is 513 g/mol. The summed E-state index contributed by atoms with van der Waals surface area (Å²) in [5, 5.41) is 22.2. The highest BCUT2D eigenvalue weighted by Gasteiger charge is 2.59. The quantitative estimate of drug-likeness (QED) is 0.364. The van der Waals surface area contributed by atoms with Crippen molar-refractivity contribution in [1.29, 1.82) is 0 Å². The van der Waals surface area contributed by atoms with Gasteiger partial charge in [0.05, 0.1) is 10.6 Å². The van der Waals surface area contributed by atoms with Gasteiger partial charge in [0.25, 0.3) is 10.0 Å². The van der Waals surface area contributed by atoms with Crippen LogP contribution in [0.15, 0.2) is 41.3 Å². The summed E-state index contributed by atoms with van der Waals surface area (Å²) < 4.78 is 28.6. The molecule has 3 unspecified atom stereocenters. The first kappa shape index (κ1) is 26.5. The molecule has 5 rings (SSSR count). The number of ketones is 1. The number of rotatable bonds is 10. The number of unbranched alkanes of at least 4 members (excludes halogenated alkanes) is 4. The summed E-state index contributed by atoms with van der Waals surface area (Å²) in [4.78, 5) is 12.9. The molecule has 3 aliphatic rings. The fourth-order valence-corrected chi connectivity index (χ4v) is 7.70. The average molecular weight is 514 g/mol. The maximum atomic E-state index is 13.7. The Labute approximate surface area is 215 Å². The summed E-state index contributed by atoms with van der Waals surface area (Å²) in [6.07, 6.45) is 5.84. The van der Waals surface area contributed by atoms with Crippen LogP contribution in [0, 0.1) is 24.2 Å². The van der Waals surface area contributed by atoms with Crippen LogP contribution in [0.4, 0.5) is 5.69 Å². The van der Waals surface area contributed by atoms with Gasteiger partial charge in [0, 0.05) is 42.5 Å². The van der Waals surface area contributed by atoms with E-state index >= 15 is 0 Å². The third-order valence-electron chi connectivity index (χ3n) is 8.49. The maximum Gasteiger partial charge on any atom is 0.264 e. The highest BCUT2D eigenvalue weighted by atomic mass is 32.2. The normalized spacial score (nSPS) is 22.8. The lowest BCUT2D eigenvalue weighted by atomic mass is 9.44. The molecule has 196 valence electrons. The van der Waals surface area contributed by atoms with Crippen LogP contribution in [0.3, 0.4) is 0 Å². The first-order valence-electron chi connectivity index (χ1n) is 13.2. The molecule has 0 radical (unpaired) electrons. The number of aryl methyl sites for hydroxylation is 1. The van der Waals surface area contributed by atoms with E-state index in [-0.39, 0.29) is 57.6 Å². The molecule has 0 spiro atoms. The van der Waals surface area contributed by atoms with Crippen molar-refractivity contribution in [2.24, 2.45) is 17.3 Å². The van der Waals surface area contributed by atoms with Crippen LogP contribution in [-0.4, -0.2) is 31.0 Å². The topological polar surface area (TPSA) is 94.9 Å². The van der Waals surface area contributed by atoms with Gasteiger partial charge >= 0.3 is 0 Å². The Balaban J connectivity index is 1.69. The van der Waals surface area contributed by atoms with Gasteiger partial charge in [-0.05, 0) is 43.2 Å². The largest absolute Gasteiger partial charge is 0.507 e. The van der Waals surface area contributed by atoms with Gasteiger partial charge in [-0.15, -0.1) is 0 Å². The Morgan fingerprint density at radius 3 is 2.17 bits per heavy atom. The number of phenolic OH excluding ortho intramolecular Hbond substituents is 2. The van der Waals surface area contributed by atoms with Gasteiger partial charge in [0.1, 0.15) is 17.3 Å². The molecule has 7 heteroatoms. The van der Waals surface area contributed by atoms with Gasteiger partial charge in [-0.2, -0.15) is 0 Å². The number of nitrogens with zero attached hydrogens (tertiary/aromatic N) is 1. The van der Waals surface area contributed by atoms with Crippen LogP contribution in [0.5, 0.6) is 11.5 Å². The molecule has 0 heterocycles. The van der Waals surface area contributed by atoms with E-state index in [1.165, 1.54) is 16.4 Å². The van der Waals surface area contributed by atoms with Crippen molar-refractivity contribution in [3.63, 3.8) is 0 Å². The Morgan fingerprint density at radius 2 is 1.61 bits per heavy atom. The van der Waals surface area contributed by atoms with Gasteiger partial charge in [-0.1, -0.05) is 64.2 Å². The second-order valence-electron chi connectivity index (χ2n) is 11.2. The lowest BCUT2D eigenvalue weighted by Crippen LogP contribution is -2.56. The molecule has 0 aliphatic heterocycles. The van der Waals surface area contributed by atoms with E-state index in [1.54, 1.807) is 24.3 Å². The average Bonchev–Trinajstić information content (AvgIpc) is 2.80. The van der Waals surface area contributed by atoms with Crippen LogP contribution < -0.4 is 4.31 Å². The molecule has 2 N–H and O–H groups in total. The van der Waals surface area contributed by atoms with E-state index in [9.17, 15) is 23.4 Å². The number of sulfonamides is 1. The first-order chi connectivity index (χ1) is 17.0. The van der Waals surface area contributed by atoms with Crippen LogP contribution in [0.2, 0.25) is 0 Å². The number of carbonyl (C=O) groups excluding carboxylic acids is 1. The standard InChI is InChI=1S/C29H39NO5S/c1-5-6-7-8-9-14-30(36(34,35)21-12-10-19(2)11-13-21)20-15-26(32)28(27(33)16-20)22-17-25(31)24-18-23(22)29(24,3)4/h10-13,15-16,22-24,32-33H,5-9,14,17-18H2,1-4H3. The zero-order valence-corrected chi connectivity index (χ0v) is 22.6. The predicted octanol–water partition coefficient (Wildman–Crippen LogP) is 6.29. The van der Waals surface area contributed by atoms with Crippen molar-refractivity contribution in [3.8, 4) is 11.5 Å². The van der Waals surface area contributed by atoms with E-state index in [1.807, 2.05) is 6.92 Å². The number of anilines is 1. The van der Waals surface area contributed by atoms with Crippen LogP contribution in [0.1, 0.15) is 82.8 Å². The summed E-state index contributed by atoms with van der Waals surface area (Å²) in [7, 11) is -3.91. The minimum atomic E-state index is -3.91. The van der Waals surface area contributed by atoms with Gasteiger partial charge in [0.15, 0.2) is 0 Å². The molecule has 36 heavy (non-hydrogen) atoms. The van der Waals surface area contributed by atoms with Crippen molar-refractivity contribution in [3.05, 3.63) is 47.5 Å². The number of fused-ring (bicyclic) bond motifs is 2. The third kappa shape index (κ3) is 4.74. The van der Waals surface area contributed by atoms with Crippen molar-refractivity contribution >= 4 is 21.5 Å². The summed E-state index contributed by atoms with van der Waals surface area (Å²) in [6, 6.07) is 9.58. The molecule has 3 fully saturated rings. The van der Waals surface area contributed by atoms with Gasteiger partial charge in [-0.3, -0.25) is 9.10 Å². The lowest BCUT2D eigenvalue weighted by Gasteiger charge is -2.59. The zero-order valence-electron chi connectivity index (χ0n) is 21.8. The lowest BCUT2D eigenvalue weighted by molar-refractivity contribution is -0.151. The van der Waals surface area contributed by atoms with Gasteiger partial charge in [0.2, 0.25) is 0 Å². The van der Waals surface area contributed by atoms with E-state index in [4.69, 9.17) is 0 Å². The molecule has 0 amide bonds. The van der Waals surface area contributed by atoms with E-state index in [0.29, 0.717) is 18.4 Å². The number of carbonyl (C=O) groups is 1. The Bertz CT molecular complexity index is 1200. The highest BCUT2D eigenvalue weighted by Crippen LogP contribution is 2.64. The van der Waals surface area contributed by atoms with Crippen LogP contribution >= 0.6 is 0 Å². The Kier molecular flexibility index (Phi) is 7.42. The molecule has 0 aromatic heterocycles. The molecule has 2 aromatic carbocycles. The SMILES string of the molecule is CCCCCCCN(c1cc(O)c(C2CC(=O)C3CC2C3(C)C)c(O)c1)S(=O)(=O)c1ccc(C)cc1. The second-order valence-corrected chi connectivity index (χ2v) is 13.1. The smallest absolute Gasteiger partial charge is 0.264 e. The van der Waals surface area contributed by atoms with Crippen molar-refractivity contribution in [1.82, 2.24) is 0 Å². The molecule has 3 saturated carbocycles. The minimum absolute atomic E-state index is 0.0464. The summed E-state index contributed by atoms with van der Waals surface area (Å²) in [5.41, 5.74) is 1.39. The van der Waals surface area contributed by atoms with Crippen LogP contribution in [0.25, 0.3) is 0 Å². The second kappa shape index (κ2) is 10.1. The van der Waals surface area contributed by atoms with Gasteiger partial charge in [-0.25, -0.2) is 8.42 Å². The number of hydrogen-bond donors (Lipinski definition) is 2. The van der Waals surface area contributed by atoms with Crippen molar-refractivity contribution in [2.45, 2.75) is 83.5 Å². The number of benzene rings is 2. The van der Waals surface area contributed by atoms with Crippen molar-refractivity contribution in [2.75, 3.05) is 10.8 Å². The summed E-state index contributed by atoms with van der Waals surface area (Å²) in [5.74, 6) is -0.175. The molecule has 2 aromatic rings. The predicted molar refractivity (Wildman–Crippen MR) is 142 cm³/mol. The highest BCUT2D eigenvalue weighted by molar-refractivity contribution is 7.92. The van der Waals surface area contributed by atoms with Crippen molar-refractivity contribution < 1.29 is 23.4 Å². The van der Waals surface area contributed by atoms with Crippen LogP contribution in [-0.2, 0) is 14.8 Å². The molecule has 3 aliphatic carbocycles. The first-order valence-corrected chi connectivity index (χ1v) is 14.6. The Hall–Kier alpha value is -2.54. The molecule has 3 atom stereocenters. The molecule has 0 saturated heterocycles. The van der Waals surface area contributed by atoms with E-state index in [0.717, 1.165) is 37.7 Å². The summed E-state index contributed by atoms with van der Waals surface area (Å²) >= 11 is 0. The maximum absolute atomic E-state index is 13.7. The third-order valence-corrected chi connectivity index (χ3v) is 10.3. The number of hydrogen-bond acceptors (Lipinski definition) is 5. The minimum Gasteiger partial charge on any atom is -0.507 e. The molecule has 2 bridgehead atoms. The van der Waals surface area contributed by atoms with E-state index < -0.39 is 10.0 Å². The molecule has 6 nitrogen and oxygen atoms in total. The fourth-order valence-electron chi connectivity index (χ4n) is 6.21. The Morgan fingerprint density at radius 1 is 1.00 bits per heavy atom.